The summed E-state index contributed by atoms with van der Waals surface area (Å²) >= 11 is 1.51. The molecule has 3 rings (SSSR count). The summed E-state index contributed by atoms with van der Waals surface area (Å²) < 4.78 is 5.14. The molecule has 20 heavy (non-hydrogen) atoms. The number of aromatic nitrogens is 1. The first-order chi connectivity index (χ1) is 9.63. The third-order valence-electron chi connectivity index (χ3n) is 3.04. The van der Waals surface area contributed by atoms with Gasteiger partial charge in [-0.05, 0) is 11.4 Å². The van der Waals surface area contributed by atoms with Crippen molar-refractivity contribution in [2.75, 3.05) is 13.1 Å². The highest BCUT2D eigenvalue weighted by Gasteiger charge is 2.31. The molecule has 1 fully saturated rings. The summed E-state index contributed by atoms with van der Waals surface area (Å²) in [6.07, 6.45) is 0. The van der Waals surface area contributed by atoms with E-state index in [4.69, 9.17) is 10.3 Å². The van der Waals surface area contributed by atoms with Crippen molar-refractivity contribution in [2.45, 2.75) is 6.04 Å². The largest absolute Gasteiger partial charge is 0.355 e. The zero-order chi connectivity index (χ0) is 14.1. The van der Waals surface area contributed by atoms with Crippen LogP contribution in [-0.4, -0.2) is 41.1 Å². The van der Waals surface area contributed by atoms with Gasteiger partial charge in [-0.15, -0.1) is 11.3 Å². The lowest BCUT2D eigenvalue weighted by molar-refractivity contribution is 0.0852. The lowest BCUT2D eigenvalue weighted by atomic mass is 10.1. The molecule has 0 saturated carbocycles. The monoisotopic (exact) mass is 292 g/mol. The molecular formula is C12H12N4O3S. The van der Waals surface area contributed by atoms with Crippen molar-refractivity contribution in [1.82, 2.24) is 15.4 Å². The number of carbonyl (C=O) groups excluding carboxylic acids is 2. The van der Waals surface area contributed by atoms with Gasteiger partial charge in [0, 0.05) is 19.2 Å². The highest BCUT2D eigenvalue weighted by Crippen LogP contribution is 2.25. The van der Waals surface area contributed by atoms with Crippen LogP contribution in [0.25, 0.3) is 10.6 Å². The minimum absolute atomic E-state index is 0.0862. The molecule has 3 N–H and O–H groups in total. The van der Waals surface area contributed by atoms with Crippen LogP contribution in [0.3, 0.4) is 0 Å². The van der Waals surface area contributed by atoms with Gasteiger partial charge >= 0.3 is 6.03 Å². The topological polar surface area (TPSA) is 101 Å². The van der Waals surface area contributed by atoms with Gasteiger partial charge in [0.2, 0.25) is 0 Å². The molecule has 7 nitrogen and oxygen atoms in total. The number of rotatable bonds is 3. The number of hydrogen-bond donors (Lipinski definition) is 2. The zero-order valence-electron chi connectivity index (χ0n) is 10.4. The molecular weight excluding hydrogens is 280 g/mol. The molecule has 2 aromatic heterocycles. The SMILES string of the molecule is NC(=O)N1CC(NC(=O)c2cc(-c3cccs3)on2)C1. The number of likely N-dealkylation sites (tertiary alicyclic amines) is 1. The Morgan fingerprint density at radius 3 is 2.95 bits per heavy atom. The fraction of sp³-hybridized carbons (Fsp3) is 0.250. The molecule has 3 amide bonds. The Balaban J connectivity index is 1.60. The molecule has 0 unspecified atom stereocenters. The molecule has 1 saturated heterocycles. The number of nitrogens with one attached hydrogen (secondary N) is 1. The van der Waals surface area contributed by atoms with Gasteiger partial charge in [0.05, 0.1) is 10.9 Å². The molecule has 3 heterocycles. The van der Waals surface area contributed by atoms with Gasteiger partial charge in [-0.2, -0.15) is 0 Å². The fourth-order valence-corrected chi connectivity index (χ4v) is 2.60. The first-order valence-electron chi connectivity index (χ1n) is 5.99. The number of urea groups is 1. The van der Waals surface area contributed by atoms with Gasteiger partial charge in [0.1, 0.15) is 0 Å². The van der Waals surface area contributed by atoms with E-state index in [1.54, 1.807) is 6.07 Å². The summed E-state index contributed by atoms with van der Waals surface area (Å²) in [7, 11) is 0. The van der Waals surface area contributed by atoms with E-state index in [0.29, 0.717) is 18.8 Å². The lowest BCUT2D eigenvalue weighted by Gasteiger charge is -2.37. The maximum atomic E-state index is 11.9. The average Bonchev–Trinajstić information content (AvgIpc) is 3.01. The number of nitrogens with two attached hydrogens (primary N) is 1. The average molecular weight is 292 g/mol. The minimum Gasteiger partial charge on any atom is -0.355 e. The highest BCUT2D eigenvalue weighted by atomic mass is 32.1. The van der Waals surface area contributed by atoms with E-state index in [1.807, 2.05) is 17.5 Å². The number of primary amides is 1. The third-order valence-corrected chi connectivity index (χ3v) is 3.92. The molecule has 1 aliphatic rings. The Kier molecular flexibility index (Phi) is 3.15. The minimum atomic E-state index is -0.475. The first-order valence-corrected chi connectivity index (χ1v) is 6.87. The van der Waals surface area contributed by atoms with Crippen LogP contribution in [0.4, 0.5) is 4.79 Å². The quantitative estimate of drug-likeness (QED) is 0.877. The van der Waals surface area contributed by atoms with Crippen LogP contribution < -0.4 is 11.1 Å². The molecule has 104 valence electrons. The van der Waals surface area contributed by atoms with Crippen molar-refractivity contribution in [1.29, 1.82) is 0 Å². The van der Waals surface area contributed by atoms with Gasteiger partial charge in [-0.1, -0.05) is 11.2 Å². The lowest BCUT2D eigenvalue weighted by Crippen LogP contribution is -2.62. The maximum absolute atomic E-state index is 11.9. The van der Waals surface area contributed by atoms with Gasteiger partial charge in [0.25, 0.3) is 5.91 Å². The third kappa shape index (κ3) is 2.37. The van der Waals surface area contributed by atoms with E-state index in [9.17, 15) is 9.59 Å². The Morgan fingerprint density at radius 2 is 2.30 bits per heavy atom. The van der Waals surface area contributed by atoms with E-state index >= 15 is 0 Å². The summed E-state index contributed by atoms with van der Waals surface area (Å²) in [5, 5.41) is 8.44. The van der Waals surface area contributed by atoms with E-state index in [0.717, 1.165) is 4.88 Å². The number of nitrogens with zero attached hydrogens (tertiary/aromatic N) is 2. The molecule has 0 bridgehead atoms. The van der Waals surface area contributed by atoms with Crippen molar-refractivity contribution in [3.05, 3.63) is 29.3 Å². The Hall–Kier alpha value is -2.35. The maximum Gasteiger partial charge on any atom is 0.314 e. The Morgan fingerprint density at radius 1 is 1.50 bits per heavy atom. The molecule has 0 aliphatic carbocycles. The summed E-state index contributed by atoms with van der Waals surface area (Å²) in [6.45, 7) is 0.855. The molecule has 1 aliphatic heterocycles. The van der Waals surface area contributed by atoms with E-state index in [1.165, 1.54) is 16.2 Å². The second kappa shape index (κ2) is 4.97. The Bertz CT molecular complexity index is 631. The first kappa shape index (κ1) is 12.7. The van der Waals surface area contributed by atoms with Crippen molar-refractivity contribution in [3.63, 3.8) is 0 Å². The number of carbonyl (C=O) groups is 2. The standard InChI is InChI=1S/C12H12N4O3S/c13-12(18)16-5-7(6-16)14-11(17)8-4-9(19-15-8)10-2-1-3-20-10/h1-4,7H,5-6H2,(H2,13,18)(H,14,17). The van der Waals surface area contributed by atoms with E-state index in [2.05, 4.69) is 10.5 Å². The molecule has 0 aromatic carbocycles. The van der Waals surface area contributed by atoms with Crippen molar-refractivity contribution < 1.29 is 14.1 Å². The molecule has 0 atom stereocenters. The summed E-state index contributed by atoms with van der Waals surface area (Å²) in [5.74, 6) is 0.253. The van der Waals surface area contributed by atoms with Crippen molar-refractivity contribution in [2.24, 2.45) is 5.73 Å². The van der Waals surface area contributed by atoms with E-state index < -0.39 is 6.03 Å². The van der Waals surface area contributed by atoms with E-state index in [-0.39, 0.29) is 17.6 Å². The second-order valence-corrected chi connectivity index (χ2v) is 5.42. The van der Waals surface area contributed by atoms with Crippen molar-refractivity contribution >= 4 is 23.3 Å². The number of hydrogen-bond acceptors (Lipinski definition) is 5. The molecule has 8 heteroatoms. The number of amides is 3. The molecule has 0 radical (unpaired) electrons. The van der Waals surface area contributed by atoms with Crippen LogP contribution in [0, 0.1) is 0 Å². The highest BCUT2D eigenvalue weighted by molar-refractivity contribution is 7.13. The summed E-state index contributed by atoms with van der Waals surface area (Å²) in [6, 6.07) is 4.83. The smallest absolute Gasteiger partial charge is 0.314 e. The van der Waals surface area contributed by atoms with Gasteiger partial charge in [-0.3, -0.25) is 4.79 Å². The molecule has 0 spiro atoms. The van der Waals surface area contributed by atoms with Crippen LogP contribution >= 0.6 is 11.3 Å². The van der Waals surface area contributed by atoms with Crippen LogP contribution in [0.1, 0.15) is 10.5 Å². The predicted octanol–water partition coefficient (Wildman–Crippen LogP) is 0.896. The zero-order valence-corrected chi connectivity index (χ0v) is 11.2. The van der Waals surface area contributed by atoms with Crippen LogP contribution in [0.2, 0.25) is 0 Å². The van der Waals surface area contributed by atoms with Crippen LogP contribution in [0.5, 0.6) is 0 Å². The summed E-state index contributed by atoms with van der Waals surface area (Å²) in [4.78, 5) is 25.1. The number of thiophene rings is 1. The Labute approximate surface area is 118 Å². The van der Waals surface area contributed by atoms with Crippen LogP contribution in [-0.2, 0) is 0 Å². The second-order valence-electron chi connectivity index (χ2n) is 4.47. The predicted molar refractivity (Wildman–Crippen MR) is 72.2 cm³/mol. The molecule has 2 aromatic rings. The fourth-order valence-electron chi connectivity index (χ4n) is 1.93. The van der Waals surface area contributed by atoms with Gasteiger partial charge < -0.3 is 20.5 Å². The van der Waals surface area contributed by atoms with Gasteiger partial charge in [-0.25, -0.2) is 4.79 Å². The van der Waals surface area contributed by atoms with Crippen LogP contribution in [0.15, 0.2) is 28.1 Å². The summed E-state index contributed by atoms with van der Waals surface area (Å²) in [5.41, 5.74) is 5.34. The normalized spacial score (nSPS) is 14.9. The van der Waals surface area contributed by atoms with Crippen molar-refractivity contribution in [3.8, 4) is 10.6 Å². The van der Waals surface area contributed by atoms with Gasteiger partial charge in [0.15, 0.2) is 11.5 Å².